The summed E-state index contributed by atoms with van der Waals surface area (Å²) in [5.74, 6) is -0.222. The predicted molar refractivity (Wildman–Crippen MR) is 133 cm³/mol. The van der Waals surface area contributed by atoms with Crippen molar-refractivity contribution >= 4 is 33.0 Å². The molecule has 1 heterocycles. The highest BCUT2D eigenvalue weighted by atomic mass is 32.2. The zero-order valence-corrected chi connectivity index (χ0v) is 19.9. The monoisotopic (exact) mass is 495 g/mol. The van der Waals surface area contributed by atoms with Gasteiger partial charge in [-0.3, -0.25) is 4.72 Å². The van der Waals surface area contributed by atoms with Crippen molar-refractivity contribution in [2.45, 2.75) is 4.21 Å². The van der Waals surface area contributed by atoms with Gasteiger partial charge in [0.1, 0.15) is 15.7 Å². The molecule has 0 unspecified atom stereocenters. The van der Waals surface area contributed by atoms with Crippen LogP contribution in [0, 0.1) is 0 Å². The third kappa shape index (κ3) is 4.90. The zero-order chi connectivity index (χ0) is 24.3. The summed E-state index contributed by atoms with van der Waals surface area (Å²) in [7, 11) is -0.925. The van der Waals surface area contributed by atoms with E-state index in [-0.39, 0.29) is 21.2 Å². The Balaban J connectivity index is 1.55. The van der Waals surface area contributed by atoms with E-state index < -0.39 is 16.0 Å². The zero-order valence-electron chi connectivity index (χ0n) is 18.3. The van der Waals surface area contributed by atoms with E-state index in [1.54, 1.807) is 13.2 Å². The fourth-order valence-corrected chi connectivity index (χ4v) is 5.72. The Morgan fingerprint density at radius 3 is 2.03 bits per heavy atom. The molecule has 0 amide bonds. The summed E-state index contributed by atoms with van der Waals surface area (Å²) < 4.78 is 38.8. The molecule has 0 aliphatic carbocycles. The summed E-state index contributed by atoms with van der Waals surface area (Å²) in [6, 6.07) is 22.9. The first-order valence-electron chi connectivity index (χ1n) is 10.1. The maximum Gasteiger partial charge on any atom is 0.335 e. The number of carbonyl (C=O) groups is 1. The molecule has 0 bridgehead atoms. The minimum atomic E-state index is -3.89. The first-order valence-corrected chi connectivity index (χ1v) is 12.4. The first kappa shape index (κ1) is 23.3. The van der Waals surface area contributed by atoms with Crippen LogP contribution in [0.5, 0.6) is 11.5 Å². The Kier molecular flexibility index (Phi) is 6.58. The second-order valence-corrected chi connectivity index (χ2v) is 10.2. The highest BCUT2D eigenvalue weighted by Crippen LogP contribution is 2.34. The Bertz CT molecular complexity index is 1430. The van der Waals surface area contributed by atoms with Crippen molar-refractivity contribution in [2.24, 2.45) is 0 Å². The van der Waals surface area contributed by atoms with Crippen molar-refractivity contribution in [1.82, 2.24) is 0 Å². The van der Waals surface area contributed by atoms with Crippen molar-refractivity contribution in [1.29, 1.82) is 0 Å². The van der Waals surface area contributed by atoms with Crippen molar-refractivity contribution in [3.63, 3.8) is 0 Å². The van der Waals surface area contributed by atoms with E-state index in [9.17, 15) is 13.2 Å². The van der Waals surface area contributed by atoms with Crippen LogP contribution in [0.15, 0.2) is 83.1 Å². The molecule has 4 rings (SSSR count). The highest BCUT2D eigenvalue weighted by Gasteiger charge is 2.20. The quantitative estimate of drug-likeness (QED) is 0.330. The molecule has 0 atom stereocenters. The molecule has 7 nitrogen and oxygen atoms in total. The van der Waals surface area contributed by atoms with Crippen LogP contribution in [0.25, 0.3) is 21.6 Å². The number of aromatic carboxylic acids is 1. The molecule has 2 N–H and O–H groups in total. The molecular formula is C25H21NO6S2. The van der Waals surface area contributed by atoms with Gasteiger partial charge in [0.05, 0.1) is 25.5 Å². The molecule has 0 fully saturated rings. The average Bonchev–Trinajstić information content (AvgIpc) is 3.36. The van der Waals surface area contributed by atoms with Crippen LogP contribution in [0.1, 0.15) is 10.4 Å². The number of benzene rings is 3. The van der Waals surface area contributed by atoms with Crippen LogP contribution in [0.4, 0.5) is 5.69 Å². The molecule has 1 aromatic heterocycles. The lowest BCUT2D eigenvalue weighted by Gasteiger charge is -2.11. The van der Waals surface area contributed by atoms with Gasteiger partial charge in [0.15, 0.2) is 0 Å². The van der Waals surface area contributed by atoms with E-state index in [2.05, 4.69) is 4.72 Å². The lowest BCUT2D eigenvalue weighted by molar-refractivity contribution is 0.0696. The molecule has 0 radical (unpaired) electrons. The Morgan fingerprint density at radius 1 is 0.824 bits per heavy atom. The number of hydrogen-bond donors (Lipinski definition) is 2. The average molecular weight is 496 g/mol. The van der Waals surface area contributed by atoms with Gasteiger partial charge in [-0.05, 0) is 59.2 Å². The number of ether oxygens (including phenoxy) is 2. The van der Waals surface area contributed by atoms with Gasteiger partial charge >= 0.3 is 5.97 Å². The molecule has 0 aliphatic rings. The summed E-state index contributed by atoms with van der Waals surface area (Å²) in [6.07, 6.45) is 0. The number of hydrogen-bond acceptors (Lipinski definition) is 6. The lowest BCUT2D eigenvalue weighted by Crippen LogP contribution is -2.12. The summed E-state index contributed by atoms with van der Waals surface area (Å²) in [6.45, 7) is 0. The van der Waals surface area contributed by atoms with Gasteiger partial charge in [-0.15, -0.1) is 11.3 Å². The maximum absolute atomic E-state index is 12.9. The van der Waals surface area contributed by atoms with Crippen molar-refractivity contribution < 1.29 is 27.8 Å². The number of carboxylic acids is 1. The summed E-state index contributed by atoms with van der Waals surface area (Å²) in [5, 5.41) is 9.12. The van der Waals surface area contributed by atoms with Crippen molar-refractivity contribution in [2.75, 3.05) is 18.9 Å². The normalized spacial score (nSPS) is 11.1. The second-order valence-electron chi connectivity index (χ2n) is 7.25. The fraction of sp³-hybridized carbons (Fsp3) is 0.0800. The highest BCUT2D eigenvalue weighted by molar-refractivity contribution is 7.94. The number of rotatable bonds is 8. The lowest BCUT2D eigenvalue weighted by atomic mass is 10.0. The molecule has 0 spiro atoms. The van der Waals surface area contributed by atoms with Crippen LogP contribution >= 0.6 is 11.3 Å². The third-order valence-electron chi connectivity index (χ3n) is 5.13. The van der Waals surface area contributed by atoms with E-state index in [0.717, 1.165) is 38.7 Å². The summed E-state index contributed by atoms with van der Waals surface area (Å²) >= 11 is 1.14. The van der Waals surface area contributed by atoms with E-state index in [0.29, 0.717) is 0 Å². The van der Waals surface area contributed by atoms with Gasteiger partial charge in [-0.25, -0.2) is 13.2 Å². The van der Waals surface area contributed by atoms with Gasteiger partial charge in [0, 0.05) is 4.88 Å². The standard InChI is InChI=1S/C25H21NO6S2/c1-31-20-10-7-17(8-11-20)16-3-5-18(6-4-16)23-13-14-24(33-23)34(29,30)26-21-12-9-19(25(27)28)15-22(21)32-2/h3-15,26H,1-2H3,(H,27,28). The van der Waals surface area contributed by atoms with Crippen molar-refractivity contribution in [3.8, 4) is 33.1 Å². The number of carboxylic acid groups (broad SMARTS) is 1. The minimum Gasteiger partial charge on any atom is -0.497 e. The Hall–Kier alpha value is -3.82. The van der Waals surface area contributed by atoms with Gasteiger partial charge < -0.3 is 14.6 Å². The van der Waals surface area contributed by atoms with Gasteiger partial charge in [-0.1, -0.05) is 36.4 Å². The van der Waals surface area contributed by atoms with Crippen LogP contribution < -0.4 is 14.2 Å². The Morgan fingerprint density at radius 2 is 1.44 bits per heavy atom. The largest absolute Gasteiger partial charge is 0.497 e. The molecular weight excluding hydrogens is 474 g/mol. The number of nitrogens with one attached hydrogen (secondary N) is 1. The predicted octanol–water partition coefficient (Wildman–Crippen LogP) is 5.60. The minimum absolute atomic E-state index is 0.00343. The molecule has 0 saturated heterocycles. The molecule has 34 heavy (non-hydrogen) atoms. The third-order valence-corrected chi connectivity index (χ3v) is 8.12. The van der Waals surface area contributed by atoms with E-state index >= 15 is 0 Å². The number of sulfonamides is 1. The second kappa shape index (κ2) is 9.58. The first-order chi connectivity index (χ1) is 16.3. The van der Waals surface area contributed by atoms with Gasteiger partial charge in [-0.2, -0.15) is 0 Å². The smallest absolute Gasteiger partial charge is 0.335 e. The van der Waals surface area contributed by atoms with Crippen LogP contribution in [-0.4, -0.2) is 33.7 Å². The van der Waals surface area contributed by atoms with E-state index in [4.69, 9.17) is 14.6 Å². The molecule has 4 aromatic rings. The Labute approximate surface area is 201 Å². The van der Waals surface area contributed by atoms with Crippen LogP contribution in [0.2, 0.25) is 0 Å². The topological polar surface area (TPSA) is 102 Å². The molecule has 3 aromatic carbocycles. The summed E-state index contributed by atoms with van der Waals surface area (Å²) in [4.78, 5) is 12.0. The van der Waals surface area contributed by atoms with Crippen LogP contribution in [-0.2, 0) is 10.0 Å². The van der Waals surface area contributed by atoms with Gasteiger partial charge in [0.2, 0.25) is 0 Å². The van der Waals surface area contributed by atoms with Crippen molar-refractivity contribution in [3.05, 3.63) is 84.4 Å². The molecule has 0 saturated carbocycles. The SMILES string of the molecule is COc1ccc(-c2ccc(-c3ccc(S(=O)(=O)Nc4ccc(C(=O)O)cc4OC)s3)cc2)cc1. The molecule has 174 valence electrons. The molecule has 0 aliphatic heterocycles. The number of anilines is 1. The number of methoxy groups -OCH3 is 2. The van der Waals surface area contributed by atoms with Crippen LogP contribution in [0.3, 0.4) is 0 Å². The maximum atomic E-state index is 12.9. The fourth-order valence-electron chi connectivity index (χ4n) is 3.33. The number of thiophene rings is 1. The summed E-state index contributed by atoms with van der Waals surface area (Å²) in [5.41, 5.74) is 3.14. The van der Waals surface area contributed by atoms with E-state index in [1.165, 1.54) is 31.4 Å². The molecule has 9 heteroatoms. The van der Waals surface area contributed by atoms with E-state index in [1.807, 2.05) is 48.5 Å². The van der Waals surface area contributed by atoms with Gasteiger partial charge in [0.25, 0.3) is 10.0 Å².